The van der Waals surface area contributed by atoms with Crippen LogP contribution in [0.2, 0.25) is 0 Å². The van der Waals surface area contributed by atoms with Crippen LogP contribution in [-0.2, 0) is 0 Å². The van der Waals surface area contributed by atoms with Crippen molar-refractivity contribution in [1.82, 2.24) is 5.32 Å². The van der Waals surface area contributed by atoms with E-state index in [9.17, 15) is 9.90 Å². The van der Waals surface area contributed by atoms with Gasteiger partial charge in [0, 0.05) is 29.0 Å². The highest BCUT2D eigenvalue weighted by atomic mass is 32.2. The van der Waals surface area contributed by atoms with Gasteiger partial charge in [0.1, 0.15) is 0 Å². The maximum absolute atomic E-state index is 12.2. The number of carbonyl (C=O) groups is 1. The highest BCUT2D eigenvalue weighted by molar-refractivity contribution is 7.98. The summed E-state index contributed by atoms with van der Waals surface area (Å²) in [4.78, 5) is 13.3. The maximum Gasteiger partial charge on any atom is 0.251 e. The van der Waals surface area contributed by atoms with Crippen molar-refractivity contribution in [2.75, 3.05) is 12.9 Å². The molecule has 0 saturated heterocycles. The van der Waals surface area contributed by atoms with E-state index in [0.717, 1.165) is 30.6 Å². The molecule has 0 spiro atoms. The van der Waals surface area contributed by atoms with Gasteiger partial charge in [-0.25, -0.2) is 0 Å². The molecule has 1 aromatic carbocycles. The van der Waals surface area contributed by atoms with Gasteiger partial charge in [-0.2, -0.15) is 0 Å². The number of hydrogen-bond donors (Lipinski definition) is 2. The van der Waals surface area contributed by atoms with Crippen LogP contribution in [0.1, 0.15) is 36.0 Å². The summed E-state index contributed by atoms with van der Waals surface area (Å²) in [6, 6.07) is 7.76. The number of aliphatic hydroxyl groups excluding tert-OH is 1. The topological polar surface area (TPSA) is 49.3 Å². The van der Waals surface area contributed by atoms with Crippen LogP contribution >= 0.6 is 11.8 Å². The summed E-state index contributed by atoms with van der Waals surface area (Å²) in [5.74, 6) is 0.182. The Balaban J connectivity index is 1.98. The number of thioether (sulfide) groups is 1. The number of hydrogen-bond acceptors (Lipinski definition) is 3. The first-order valence-corrected chi connectivity index (χ1v) is 8.03. The Kier molecular flexibility index (Phi) is 5.28. The first kappa shape index (κ1) is 14.4. The van der Waals surface area contributed by atoms with E-state index in [1.807, 2.05) is 30.5 Å². The third-order valence-electron chi connectivity index (χ3n) is 3.81. The molecule has 2 rings (SSSR count). The van der Waals surface area contributed by atoms with Gasteiger partial charge in [-0.05, 0) is 43.4 Å². The molecule has 1 saturated carbocycles. The average Bonchev–Trinajstić information content (AvgIpc) is 2.48. The van der Waals surface area contributed by atoms with Crippen molar-refractivity contribution in [3.8, 4) is 0 Å². The van der Waals surface area contributed by atoms with Crippen molar-refractivity contribution in [2.24, 2.45) is 5.92 Å². The smallest absolute Gasteiger partial charge is 0.251 e. The number of rotatable bonds is 4. The molecule has 2 unspecified atom stereocenters. The van der Waals surface area contributed by atoms with Gasteiger partial charge in [-0.15, -0.1) is 11.8 Å². The van der Waals surface area contributed by atoms with Crippen LogP contribution in [0.3, 0.4) is 0 Å². The molecule has 1 aliphatic rings. The summed E-state index contributed by atoms with van der Waals surface area (Å²) in [6.45, 7) is 0.163. The van der Waals surface area contributed by atoms with Crippen LogP contribution in [0.25, 0.3) is 0 Å². The lowest BCUT2D eigenvalue weighted by atomic mass is 9.85. The fourth-order valence-corrected chi connectivity index (χ4v) is 3.02. The van der Waals surface area contributed by atoms with Gasteiger partial charge < -0.3 is 10.4 Å². The zero-order chi connectivity index (χ0) is 13.7. The van der Waals surface area contributed by atoms with Crippen LogP contribution in [0.5, 0.6) is 0 Å². The fourth-order valence-electron chi connectivity index (χ4n) is 2.61. The normalized spacial score (nSPS) is 23.1. The quantitative estimate of drug-likeness (QED) is 0.833. The van der Waals surface area contributed by atoms with Crippen LogP contribution in [-0.4, -0.2) is 29.9 Å². The van der Waals surface area contributed by atoms with E-state index in [2.05, 4.69) is 5.32 Å². The minimum Gasteiger partial charge on any atom is -0.396 e. The van der Waals surface area contributed by atoms with Gasteiger partial charge in [0.15, 0.2) is 0 Å². The van der Waals surface area contributed by atoms with Crippen molar-refractivity contribution in [1.29, 1.82) is 0 Å². The summed E-state index contributed by atoms with van der Waals surface area (Å²) >= 11 is 1.66. The van der Waals surface area contributed by atoms with Crippen molar-refractivity contribution in [3.63, 3.8) is 0 Å². The molecule has 2 N–H and O–H groups in total. The monoisotopic (exact) mass is 279 g/mol. The summed E-state index contributed by atoms with van der Waals surface area (Å²) in [5.41, 5.74) is 0.695. The Hall–Kier alpha value is -1.00. The van der Waals surface area contributed by atoms with Gasteiger partial charge in [0.05, 0.1) is 0 Å². The second-order valence-corrected chi connectivity index (χ2v) is 5.92. The summed E-state index contributed by atoms with van der Waals surface area (Å²) in [7, 11) is 0. The Morgan fingerprint density at radius 3 is 2.63 bits per heavy atom. The molecule has 1 amide bonds. The van der Waals surface area contributed by atoms with Gasteiger partial charge >= 0.3 is 0 Å². The Morgan fingerprint density at radius 1 is 1.32 bits per heavy atom. The van der Waals surface area contributed by atoms with Crippen molar-refractivity contribution < 1.29 is 9.90 Å². The van der Waals surface area contributed by atoms with E-state index in [0.29, 0.717) is 5.56 Å². The number of amides is 1. The molecule has 4 heteroatoms. The van der Waals surface area contributed by atoms with Gasteiger partial charge in [-0.1, -0.05) is 12.8 Å². The van der Waals surface area contributed by atoms with Crippen LogP contribution in [0.15, 0.2) is 29.2 Å². The van der Waals surface area contributed by atoms with Crippen LogP contribution in [0, 0.1) is 5.92 Å². The number of aliphatic hydroxyl groups is 1. The van der Waals surface area contributed by atoms with Gasteiger partial charge in [0.2, 0.25) is 0 Å². The highest BCUT2D eigenvalue weighted by Crippen LogP contribution is 2.24. The molecule has 0 radical (unpaired) electrons. The fraction of sp³-hybridized carbons (Fsp3) is 0.533. The van der Waals surface area contributed by atoms with E-state index < -0.39 is 0 Å². The molecule has 2 atom stereocenters. The molecule has 0 bridgehead atoms. The first-order valence-electron chi connectivity index (χ1n) is 6.80. The SMILES string of the molecule is CSc1ccc(C(=O)NC2CCCCC2CO)cc1. The molecule has 19 heavy (non-hydrogen) atoms. The summed E-state index contributed by atoms with van der Waals surface area (Å²) in [5, 5.41) is 12.4. The predicted molar refractivity (Wildman–Crippen MR) is 78.5 cm³/mol. The van der Waals surface area contributed by atoms with E-state index in [1.54, 1.807) is 11.8 Å². The Morgan fingerprint density at radius 2 is 2.00 bits per heavy atom. The Bertz CT molecular complexity index is 419. The number of nitrogens with one attached hydrogen (secondary N) is 1. The minimum atomic E-state index is -0.0296. The third-order valence-corrected chi connectivity index (χ3v) is 4.56. The molecule has 0 aromatic heterocycles. The van der Waals surface area contributed by atoms with E-state index in [4.69, 9.17) is 0 Å². The van der Waals surface area contributed by atoms with Crippen LogP contribution in [0.4, 0.5) is 0 Å². The minimum absolute atomic E-state index is 0.0296. The van der Waals surface area contributed by atoms with E-state index >= 15 is 0 Å². The lowest BCUT2D eigenvalue weighted by molar-refractivity contribution is 0.0872. The standard InChI is InChI=1S/C15H21NO2S/c1-19-13-8-6-11(7-9-13)15(18)16-14-5-3-2-4-12(14)10-17/h6-9,12,14,17H,2-5,10H2,1H3,(H,16,18). The molecule has 104 valence electrons. The van der Waals surface area contributed by atoms with Gasteiger partial charge in [0.25, 0.3) is 5.91 Å². The van der Waals surface area contributed by atoms with Gasteiger partial charge in [-0.3, -0.25) is 4.79 Å². The molecular weight excluding hydrogens is 258 g/mol. The average molecular weight is 279 g/mol. The highest BCUT2D eigenvalue weighted by Gasteiger charge is 2.26. The van der Waals surface area contributed by atoms with Crippen molar-refractivity contribution >= 4 is 17.7 Å². The summed E-state index contributed by atoms with van der Waals surface area (Å²) in [6.07, 6.45) is 6.28. The van der Waals surface area contributed by atoms with Crippen molar-refractivity contribution in [2.45, 2.75) is 36.6 Å². The first-order chi connectivity index (χ1) is 9.24. The van der Waals surface area contributed by atoms with Crippen LogP contribution < -0.4 is 5.32 Å². The molecule has 1 aliphatic carbocycles. The lowest BCUT2D eigenvalue weighted by Crippen LogP contribution is -2.43. The van der Waals surface area contributed by atoms with E-state index in [-0.39, 0.29) is 24.5 Å². The maximum atomic E-state index is 12.2. The molecule has 0 aliphatic heterocycles. The Labute approximate surface area is 118 Å². The zero-order valence-electron chi connectivity index (χ0n) is 11.3. The molecule has 0 heterocycles. The molecule has 1 aromatic rings. The molecule has 3 nitrogen and oxygen atoms in total. The summed E-state index contributed by atoms with van der Waals surface area (Å²) < 4.78 is 0. The van der Waals surface area contributed by atoms with E-state index in [1.165, 1.54) is 0 Å². The molecule has 1 fully saturated rings. The predicted octanol–water partition coefficient (Wildman–Crippen LogP) is 2.69. The van der Waals surface area contributed by atoms with Crippen molar-refractivity contribution in [3.05, 3.63) is 29.8 Å². The lowest BCUT2D eigenvalue weighted by Gasteiger charge is -2.30. The largest absolute Gasteiger partial charge is 0.396 e. The zero-order valence-corrected chi connectivity index (χ0v) is 12.1. The second-order valence-electron chi connectivity index (χ2n) is 5.04. The molecular formula is C15H21NO2S. The second kappa shape index (κ2) is 6.96. The number of carbonyl (C=O) groups excluding carboxylic acids is 1. The third kappa shape index (κ3) is 3.74. The number of benzene rings is 1.